The van der Waals surface area contributed by atoms with Crippen molar-refractivity contribution in [3.05, 3.63) is 65.5 Å². The average Bonchev–Trinajstić information content (AvgIpc) is 2.60. The lowest BCUT2D eigenvalue weighted by atomic mass is 10.1. The molecule has 0 fully saturated rings. The largest absolute Gasteiger partial charge is 0.352 e. The van der Waals surface area contributed by atoms with Gasteiger partial charge < -0.3 is 5.32 Å². The molecule has 0 saturated heterocycles. The lowest BCUT2D eigenvalue weighted by Crippen LogP contribution is -2.26. The third-order valence-corrected chi connectivity index (χ3v) is 4.80. The zero-order valence-corrected chi connectivity index (χ0v) is 14.1. The Balaban J connectivity index is 1.93. The smallest absolute Gasteiger partial charge is 0.251 e. The molecule has 0 saturated carbocycles. The van der Waals surface area contributed by atoms with E-state index in [0.29, 0.717) is 18.5 Å². The maximum absolute atomic E-state index is 13.1. The maximum Gasteiger partial charge on any atom is 0.251 e. The number of terminal acetylenes is 1. The average molecular weight is 360 g/mol. The molecule has 25 heavy (non-hydrogen) atoms. The molecule has 0 aromatic heterocycles. The molecule has 0 bridgehead atoms. The lowest BCUT2D eigenvalue weighted by Gasteiger charge is -2.07. The third-order valence-electron chi connectivity index (χ3n) is 3.38. The number of hydrogen-bond acceptors (Lipinski definition) is 3. The summed E-state index contributed by atoms with van der Waals surface area (Å²) in [6.45, 7) is 0.233. The predicted octanol–water partition coefficient (Wildman–Crippen LogP) is 1.71. The molecule has 0 aliphatic rings. The van der Waals surface area contributed by atoms with E-state index in [1.54, 1.807) is 12.1 Å². The van der Waals surface area contributed by atoms with E-state index in [4.69, 9.17) is 6.42 Å². The third kappa shape index (κ3) is 5.41. The molecule has 1 amide bonds. The van der Waals surface area contributed by atoms with Crippen LogP contribution in [-0.4, -0.2) is 27.4 Å². The van der Waals surface area contributed by atoms with Gasteiger partial charge in [0.15, 0.2) is 0 Å². The lowest BCUT2D eigenvalue weighted by molar-refractivity contribution is 0.0954. The van der Waals surface area contributed by atoms with Gasteiger partial charge in [-0.25, -0.2) is 12.8 Å². The van der Waals surface area contributed by atoms with Crippen molar-refractivity contribution < 1.29 is 17.6 Å². The van der Waals surface area contributed by atoms with E-state index in [1.807, 2.05) is 0 Å². The van der Waals surface area contributed by atoms with Crippen LogP contribution in [0.5, 0.6) is 0 Å². The molecule has 0 atom stereocenters. The summed E-state index contributed by atoms with van der Waals surface area (Å²) >= 11 is 0. The molecule has 0 aliphatic heterocycles. The van der Waals surface area contributed by atoms with E-state index >= 15 is 0 Å². The molecule has 2 N–H and O–H groups in total. The van der Waals surface area contributed by atoms with Gasteiger partial charge in [0.1, 0.15) is 5.82 Å². The minimum absolute atomic E-state index is 0.0269. The van der Waals surface area contributed by atoms with Crippen LogP contribution in [0.15, 0.2) is 53.4 Å². The minimum Gasteiger partial charge on any atom is -0.352 e. The van der Waals surface area contributed by atoms with Crippen molar-refractivity contribution >= 4 is 15.9 Å². The molecule has 7 heteroatoms. The van der Waals surface area contributed by atoms with Crippen LogP contribution >= 0.6 is 0 Å². The van der Waals surface area contributed by atoms with E-state index < -0.39 is 10.0 Å². The number of halogens is 1. The van der Waals surface area contributed by atoms with Crippen molar-refractivity contribution in [3.8, 4) is 12.3 Å². The molecular formula is C18H17FN2O3S. The highest BCUT2D eigenvalue weighted by molar-refractivity contribution is 7.89. The number of amides is 1. The Bertz CT molecular complexity index is 887. The van der Waals surface area contributed by atoms with Gasteiger partial charge in [-0.3, -0.25) is 4.79 Å². The first-order valence-electron chi connectivity index (χ1n) is 7.48. The SMILES string of the molecule is C#CCNS(=O)(=O)c1ccc(C(=O)NCCc2cccc(F)c2)cc1. The Morgan fingerprint density at radius 1 is 1.16 bits per heavy atom. The Labute approximate surface area is 146 Å². The summed E-state index contributed by atoms with van der Waals surface area (Å²) in [7, 11) is -3.68. The summed E-state index contributed by atoms with van der Waals surface area (Å²) in [5.74, 6) is 1.53. The number of hydrogen-bond donors (Lipinski definition) is 2. The molecule has 2 rings (SSSR count). The van der Waals surface area contributed by atoms with E-state index in [9.17, 15) is 17.6 Å². The van der Waals surface area contributed by atoms with Crippen LogP contribution in [0, 0.1) is 18.2 Å². The molecule has 130 valence electrons. The summed E-state index contributed by atoms with van der Waals surface area (Å²) in [5, 5.41) is 2.71. The standard InChI is InChI=1S/C18H17FN2O3S/c1-2-11-21-25(23,24)17-8-6-15(7-9-17)18(22)20-12-10-14-4-3-5-16(19)13-14/h1,3-9,13,21H,10-12H2,(H,20,22). The summed E-state index contributed by atoms with van der Waals surface area (Å²) in [6.07, 6.45) is 5.52. The van der Waals surface area contributed by atoms with E-state index in [1.165, 1.54) is 36.4 Å². The molecular weight excluding hydrogens is 343 g/mol. The summed E-state index contributed by atoms with van der Waals surface area (Å²) < 4.78 is 39.1. The van der Waals surface area contributed by atoms with Gasteiger partial charge in [-0.15, -0.1) is 6.42 Å². The Morgan fingerprint density at radius 3 is 2.52 bits per heavy atom. The van der Waals surface area contributed by atoms with Crippen LogP contribution in [0.3, 0.4) is 0 Å². The number of sulfonamides is 1. The maximum atomic E-state index is 13.1. The monoisotopic (exact) mass is 360 g/mol. The fourth-order valence-corrected chi connectivity index (χ4v) is 3.05. The second kappa shape index (κ2) is 8.42. The zero-order valence-electron chi connectivity index (χ0n) is 13.3. The summed E-state index contributed by atoms with van der Waals surface area (Å²) in [6, 6.07) is 11.7. The predicted molar refractivity (Wildman–Crippen MR) is 92.9 cm³/mol. The van der Waals surface area contributed by atoms with Crippen molar-refractivity contribution in [1.82, 2.24) is 10.0 Å². The molecule has 2 aromatic carbocycles. The first-order chi connectivity index (χ1) is 11.9. The van der Waals surface area contributed by atoms with Crippen molar-refractivity contribution in [3.63, 3.8) is 0 Å². The van der Waals surface area contributed by atoms with Gasteiger partial charge in [0.05, 0.1) is 11.4 Å². The van der Waals surface area contributed by atoms with Crippen LogP contribution in [0.25, 0.3) is 0 Å². The van der Waals surface area contributed by atoms with Crippen molar-refractivity contribution in [2.24, 2.45) is 0 Å². The van der Waals surface area contributed by atoms with Crippen LogP contribution in [0.4, 0.5) is 4.39 Å². The van der Waals surface area contributed by atoms with Crippen molar-refractivity contribution in [2.45, 2.75) is 11.3 Å². The van der Waals surface area contributed by atoms with E-state index in [2.05, 4.69) is 16.0 Å². The highest BCUT2D eigenvalue weighted by Crippen LogP contribution is 2.10. The Kier molecular flexibility index (Phi) is 6.28. The first kappa shape index (κ1) is 18.6. The van der Waals surface area contributed by atoms with Gasteiger partial charge in [-0.05, 0) is 48.4 Å². The second-order valence-corrected chi connectivity index (χ2v) is 6.96. The van der Waals surface area contributed by atoms with Crippen LogP contribution in [-0.2, 0) is 16.4 Å². The molecule has 0 heterocycles. The van der Waals surface area contributed by atoms with Gasteiger partial charge in [0, 0.05) is 12.1 Å². The van der Waals surface area contributed by atoms with Gasteiger partial charge in [-0.1, -0.05) is 18.1 Å². The number of carbonyl (C=O) groups excluding carboxylic acids is 1. The molecule has 5 nitrogen and oxygen atoms in total. The van der Waals surface area contributed by atoms with Crippen molar-refractivity contribution in [1.29, 1.82) is 0 Å². The van der Waals surface area contributed by atoms with Gasteiger partial charge >= 0.3 is 0 Å². The normalized spacial score (nSPS) is 10.9. The summed E-state index contributed by atoms with van der Waals surface area (Å²) in [4.78, 5) is 12.1. The first-order valence-corrected chi connectivity index (χ1v) is 8.96. The highest BCUT2D eigenvalue weighted by Gasteiger charge is 2.14. The Hall–Kier alpha value is -2.69. The Morgan fingerprint density at radius 2 is 1.88 bits per heavy atom. The fraction of sp³-hybridized carbons (Fsp3) is 0.167. The van der Waals surface area contributed by atoms with Crippen LogP contribution in [0.1, 0.15) is 15.9 Å². The molecule has 2 aromatic rings. The second-order valence-electron chi connectivity index (χ2n) is 5.19. The molecule has 0 aliphatic carbocycles. The number of nitrogens with one attached hydrogen (secondary N) is 2. The van der Waals surface area contributed by atoms with Gasteiger partial charge in [0.2, 0.25) is 10.0 Å². The van der Waals surface area contributed by atoms with Gasteiger partial charge in [-0.2, -0.15) is 4.72 Å². The zero-order chi connectivity index (χ0) is 18.3. The molecule has 0 unspecified atom stereocenters. The number of rotatable bonds is 7. The highest BCUT2D eigenvalue weighted by atomic mass is 32.2. The molecule has 0 radical (unpaired) electrons. The minimum atomic E-state index is -3.68. The van der Waals surface area contributed by atoms with E-state index in [-0.39, 0.29) is 23.2 Å². The van der Waals surface area contributed by atoms with Crippen LogP contribution < -0.4 is 10.0 Å². The fourth-order valence-electron chi connectivity index (χ4n) is 2.12. The van der Waals surface area contributed by atoms with Gasteiger partial charge in [0.25, 0.3) is 5.91 Å². The number of carbonyl (C=O) groups is 1. The van der Waals surface area contributed by atoms with Crippen LogP contribution in [0.2, 0.25) is 0 Å². The van der Waals surface area contributed by atoms with Crippen molar-refractivity contribution in [2.75, 3.05) is 13.1 Å². The quantitative estimate of drug-likeness (QED) is 0.738. The summed E-state index contributed by atoms with van der Waals surface area (Å²) in [5.41, 5.74) is 1.11. The topological polar surface area (TPSA) is 75.3 Å². The molecule has 0 spiro atoms. The number of benzene rings is 2. The van der Waals surface area contributed by atoms with E-state index in [0.717, 1.165) is 5.56 Å².